The van der Waals surface area contributed by atoms with Gasteiger partial charge in [0.05, 0.1) is 19.8 Å². The molecular formula is C56H95O11P. The van der Waals surface area contributed by atoms with Crippen LogP contribution < -0.4 is 0 Å². The first kappa shape index (κ1) is 64.7. The van der Waals surface area contributed by atoms with Crippen molar-refractivity contribution in [2.45, 2.75) is 226 Å². The molecule has 0 saturated carbocycles. The van der Waals surface area contributed by atoms with Crippen LogP contribution in [0.2, 0.25) is 0 Å². The molecule has 0 aliphatic heterocycles. The molecule has 0 bridgehead atoms. The maximum Gasteiger partial charge on any atom is 0.472 e. The number of rotatable bonds is 48. The highest BCUT2D eigenvalue weighted by Gasteiger charge is 2.28. The van der Waals surface area contributed by atoms with Gasteiger partial charge in [-0.3, -0.25) is 23.4 Å². The van der Waals surface area contributed by atoms with Crippen molar-refractivity contribution >= 4 is 25.7 Å². The topological polar surface area (TPSA) is 155 Å². The summed E-state index contributed by atoms with van der Waals surface area (Å²) in [5, 5.41) is 9.76. The Balaban J connectivity index is 4.84. The molecule has 0 fully saturated rings. The molecule has 0 aromatic rings. The highest BCUT2D eigenvalue weighted by molar-refractivity contribution is 7.47. The number of hydrogen-bond acceptors (Lipinski definition) is 10. The van der Waals surface area contributed by atoms with E-state index in [0.29, 0.717) is 19.3 Å². The van der Waals surface area contributed by atoms with Gasteiger partial charge >= 0.3 is 25.7 Å². The van der Waals surface area contributed by atoms with Gasteiger partial charge < -0.3 is 24.2 Å². The molecule has 12 heteroatoms. The van der Waals surface area contributed by atoms with Crippen LogP contribution in [-0.4, -0.2) is 66.5 Å². The Kier molecular flexibility index (Phi) is 47.6. The van der Waals surface area contributed by atoms with E-state index in [4.69, 9.17) is 23.3 Å². The fraction of sp³-hybridized carbons (Fsp3) is 0.696. The van der Waals surface area contributed by atoms with Gasteiger partial charge in [-0.25, -0.2) is 4.57 Å². The van der Waals surface area contributed by atoms with Crippen LogP contribution in [0, 0.1) is 0 Å². The Hall–Kier alpha value is -3.34. The van der Waals surface area contributed by atoms with E-state index in [1.807, 2.05) is 12.2 Å². The van der Waals surface area contributed by atoms with Gasteiger partial charge in [-0.1, -0.05) is 183 Å². The van der Waals surface area contributed by atoms with Crippen molar-refractivity contribution in [3.05, 3.63) is 85.1 Å². The van der Waals surface area contributed by atoms with Crippen LogP contribution in [-0.2, 0) is 42.2 Å². The zero-order chi connectivity index (χ0) is 49.9. The van der Waals surface area contributed by atoms with E-state index in [2.05, 4.69) is 93.7 Å². The second-order valence-corrected chi connectivity index (χ2v) is 18.8. The van der Waals surface area contributed by atoms with Crippen LogP contribution >= 0.6 is 7.82 Å². The summed E-state index contributed by atoms with van der Waals surface area (Å²) in [5.74, 6) is -1.59. The van der Waals surface area contributed by atoms with Gasteiger partial charge in [-0.15, -0.1) is 0 Å². The molecule has 0 saturated heterocycles. The molecule has 0 rings (SSSR count). The van der Waals surface area contributed by atoms with E-state index in [-0.39, 0.29) is 25.9 Å². The minimum atomic E-state index is -4.76. The monoisotopic (exact) mass is 975 g/mol. The van der Waals surface area contributed by atoms with Crippen molar-refractivity contribution < 1.29 is 52.2 Å². The lowest BCUT2D eigenvalue weighted by molar-refractivity contribution is -0.161. The maximum atomic E-state index is 12.9. The number of hydrogen-bond donors (Lipinski definition) is 2. The molecule has 68 heavy (non-hydrogen) atoms. The van der Waals surface area contributed by atoms with E-state index < -0.39 is 57.8 Å². The molecule has 11 nitrogen and oxygen atoms in total. The van der Waals surface area contributed by atoms with Gasteiger partial charge in [0.15, 0.2) is 6.10 Å². The number of allylic oxidation sites excluding steroid dienone is 14. The predicted octanol–water partition coefficient (Wildman–Crippen LogP) is 15.1. The first-order valence-electron chi connectivity index (χ1n) is 26.5. The standard InChI is InChI=1S/C56H95O11P/c1-4-7-10-13-16-19-22-24-25-26-27-29-32-35-38-41-44-47-56(60)67-53(49-63-54(58)45-42-39-36-33-31-28-23-20-17-14-11-8-5-2)51-65-68(61,62)64-50-52(48-57)66-55(59)46-43-40-37-34-30-21-18-15-12-9-6-3/h8,11,15-20,24-25,28,31,36,39,52-53,57H,4-7,9-10,12-14,21-23,26-27,29-30,32-35,37-38,40-51H2,1-3H3,(H,61,62)/b11-8-,18-15-,19-16-,20-17-,25-24-,31-28-,39-36-. The van der Waals surface area contributed by atoms with E-state index in [1.54, 1.807) is 0 Å². The summed E-state index contributed by atoms with van der Waals surface area (Å²) in [6.45, 7) is 4.34. The second-order valence-electron chi connectivity index (χ2n) is 17.3. The van der Waals surface area contributed by atoms with Gasteiger partial charge in [0.2, 0.25) is 0 Å². The van der Waals surface area contributed by atoms with Crippen LogP contribution in [0.5, 0.6) is 0 Å². The zero-order valence-corrected chi connectivity index (χ0v) is 43.7. The van der Waals surface area contributed by atoms with Gasteiger partial charge in [-0.05, 0) is 96.3 Å². The molecule has 0 amide bonds. The summed E-state index contributed by atoms with van der Waals surface area (Å²) in [7, 11) is -4.76. The lowest BCUT2D eigenvalue weighted by Crippen LogP contribution is -2.30. The van der Waals surface area contributed by atoms with E-state index in [1.165, 1.54) is 51.4 Å². The van der Waals surface area contributed by atoms with Crippen molar-refractivity contribution in [1.82, 2.24) is 0 Å². The lowest BCUT2D eigenvalue weighted by Gasteiger charge is -2.21. The maximum absolute atomic E-state index is 12.9. The average molecular weight is 975 g/mol. The van der Waals surface area contributed by atoms with Gasteiger partial charge in [0.1, 0.15) is 12.7 Å². The fourth-order valence-electron chi connectivity index (χ4n) is 6.73. The first-order chi connectivity index (χ1) is 33.2. The summed E-state index contributed by atoms with van der Waals surface area (Å²) < 4.78 is 39.3. The Morgan fingerprint density at radius 3 is 1.29 bits per heavy atom. The minimum Gasteiger partial charge on any atom is -0.462 e. The number of carbonyl (C=O) groups is 3. The minimum absolute atomic E-state index is 0.100. The zero-order valence-electron chi connectivity index (χ0n) is 42.8. The summed E-state index contributed by atoms with van der Waals surface area (Å²) in [6, 6.07) is 0. The van der Waals surface area contributed by atoms with Crippen LogP contribution in [0.4, 0.5) is 0 Å². The third-order valence-electron chi connectivity index (χ3n) is 10.8. The van der Waals surface area contributed by atoms with Crippen LogP contribution in [0.25, 0.3) is 0 Å². The summed E-state index contributed by atoms with van der Waals surface area (Å²) in [5.41, 5.74) is 0. The average Bonchev–Trinajstić information content (AvgIpc) is 3.32. The van der Waals surface area contributed by atoms with E-state index >= 15 is 0 Å². The number of aliphatic hydroxyl groups excluding tert-OH is 1. The summed E-state index contributed by atoms with van der Waals surface area (Å²) >= 11 is 0. The highest BCUT2D eigenvalue weighted by atomic mass is 31.2. The molecule has 0 heterocycles. The predicted molar refractivity (Wildman–Crippen MR) is 279 cm³/mol. The Bertz CT molecular complexity index is 1460. The number of unbranched alkanes of at least 4 members (excludes halogenated alkanes) is 17. The third kappa shape index (κ3) is 47.7. The molecule has 2 N–H and O–H groups in total. The van der Waals surface area contributed by atoms with E-state index in [9.17, 15) is 28.9 Å². The molecule has 0 radical (unpaired) electrons. The molecule has 390 valence electrons. The number of phosphoric acid groups is 1. The summed E-state index contributed by atoms with van der Waals surface area (Å²) in [6.07, 6.45) is 55.7. The first-order valence-corrected chi connectivity index (χ1v) is 28.0. The van der Waals surface area contributed by atoms with Crippen molar-refractivity contribution in [3.8, 4) is 0 Å². The molecular weight excluding hydrogens is 880 g/mol. The normalized spacial score (nSPS) is 14.1. The third-order valence-corrected chi connectivity index (χ3v) is 11.7. The molecule has 0 aromatic heterocycles. The quantitative estimate of drug-likeness (QED) is 0.0197. The fourth-order valence-corrected chi connectivity index (χ4v) is 7.52. The Labute approximate surface area is 413 Å². The molecule has 0 aliphatic carbocycles. The molecule has 0 aromatic carbocycles. The summed E-state index contributed by atoms with van der Waals surface area (Å²) in [4.78, 5) is 48.3. The van der Waals surface area contributed by atoms with Gasteiger partial charge in [0, 0.05) is 19.3 Å². The highest BCUT2D eigenvalue weighted by Crippen LogP contribution is 2.43. The van der Waals surface area contributed by atoms with Crippen molar-refractivity contribution in [1.29, 1.82) is 0 Å². The molecule has 0 spiro atoms. The van der Waals surface area contributed by atoms with Crippen LogP contribution in [0.3, 0.4) is 0 Å². The molecule has 0 aliphatic rings. The number of phosphoric ester groups is 1. The van der Waals surface area contributed by atoms with Crippen molar-refractivity contribution in [3.63, 3.8) is 0 Å². The number of carbonyl (C=O) groups excluding carboxylic acids is 3. The van der Waals surface area contributed by atoms with Gasteiger partial charge in [-0.2, -0.15) is 0 Å². The lowest BCUT2D eigenvalue weighted by atomic mass is 10.1. The molecule has 3 unspecified atom stereocenters. The van der Waals surface area contributed by atoms with Gasteiger partial charge in [0.25, 0.3) is 0 Å². The Morgan fingerprint density at radius 2 is 0.809 bits per heavy atom. The SMILES string of the molecule is CC/C=C\C/C=C\C/C=C\C/C=C\CCC(=O)OCC(COP(=O)(O)OCC(CO)OC(=O)CCCCCCC/C=C\CCCC)OC(=O)CCCCCCCCC/C=C\C/C=C\CCCCC. The largest absolute Gasteiger partial charge is 0.472 e. The van der Waals surface area contributed by atoms with Crippen LogP contribution in [0.1, 0.15) is 213 Å². The van der Waals surface area contributed by atoms with Crippen LogP contribution in [0.15, 0.2) is 85.1 Å². The van der Waals surface area contributed by atoms with Crippen molar-refractivity contribution in [2.24, 2.45) is 0 Å². The number of aliphatic hydroxyl groups is 1. The number of ether oxygens (including phenoxy) is 3. The smallest absolute Gasteiger partial charge is 0.462 e. The van der Waals surface area contributed by atoms with E-state index in [0.717, 1.165) is 103 Å². The Morgan fingerprint density at radius 1 is 0.426 bits per heavy atom. The molecule has 3 atom stereocenters. The second kappa shape index (κ2) is 50.1. The van der Waals surface area contributed by atoms with Crippen molar-refractivity contribution in [2.75, 3.05) is 26.4 Å². The number of esters is 3.